The number of thiophene rings is 1. The summed E-state index contributed by atoms with van der Waals surface area (Å²) in [4.78, 5) is 22.2. The molecule has 6 nitrogen and oxygen atoms in total. The van der Waals surface area contributed by atoms with Gasteiger partial charge in [-0.15, -0.1) is 21.5 Å². The van der Waals surface area contributed by atoms with Crippen LogP contribution in [0.3, 0.4) is 0 Å². The molecule has 4 rings (SSSR count). The number of thioether (sulfide) groups is 1. The smallest absolute Gasteiger partial charge is 0.259 e. The maximum atomic E-state index is 12.6. The number of aryl methyl sites for hydroxylation is 3. The normalized spacial score (nSPS) is 12.6. The van der Waals surface area contributed by atoms with Gasteiger partial charge in [-0.05, 0) is 38.8 Å². The lowest BCUT2D eigenvalue weighted by Crippen LogP contribution is -2.13. The zero-order chi connectivity index (χ0) is 19.8. The molecule has 0 spiro atoms. The first-order chi connectivity index (χ1) is 13.4. The van der Waals surface area contributed by atoms with Crippen molar-refractivity contribution in [3.05, 3.63) is 68.3 Å². The SMILES string of the molecule is Cc1sc2nc([C@@H](C)Sc3nnc(C)n3Cc3ccccc3)[nH]c(=O)c2c1C. The highest BCUT2D eigenvalue weighted by atomic mass is 32.2. The summed E-state index contributed by atoms with van der Waals surface area (Å²) in [6.45, 7) is 8.68. The van der Waals surface area contributed by atoms with E-state index in [1.807, 2.05) is 45.9 Å². The second-order valence-corrected chi connectivity index (χ2v) is 9.29. The molecular formula is C20H21N5OS2. The molecule has 28 heavy (non-hydrogen) atoms. The summed E-state index contributed by atoms with van der Waals surface area (Å²) in [6.07, 6.45) is 0. The van der Waals surface area contributed by atoms with Crippen molar-refractivity contribution in [3.8, 4) is 0 Å². The van der Waals surface area contributed by atoms with Crippen molar-refractivity contribution in [1.29, 1.82) is 0 Å². The maximum absolute atomic E-state index is 12.6. The van der Waals surface area contributed by atoms with Gasteiger partial charge >= 0.3 is 0 Å². The Kier molecular flexibility index (Phi) is 5.07. The molecule has 3 heterocycles. The van der Waals surface area contributed by atoms with Crippen molar-refractivity contribution in [2.45, 2.75) is 44.6 Å². The number of rotatable bonds is 5. The predicted octanol–water partition coefficient (Wildman–Crippen LogP) is 4.40. The fourth-order valence-corrected chi connectivity index (χ4v) is 5.06. The summed E-state index contributed by atoms with van der Waals surface area (Å²) in [6, 6.07) is 10.2. The van der Waals surface area contributed by atoms with Gasteiger partial charge in [-0.3, -0.25) is 4.79 Å². The Hall–Kier alpha value is -2.45. The Balaban J connectivity index is 1.63. The summed E-state index contributed by atoms with van der Waals surface area (Å²) in [5, 5.41) is 10.0. The average molecular weight is 412 g/mol. The minimum absolute atomic E-state index is 0.0575. The Morgan fingerprint density at radius 1 is 1.18 bits per heavy atom. The maximum Gasteiger partial charge on any atom is 0.259 e. The van der Waals surface area contributed by atoms with Crippen LogP contribution >= 0.6 is 23.1 Å². The van der Waals surface area contributed by atoms with Crippen molar-refractivity contribution in [3.63, 3.8) is 0 Å². The molecule has 0 unspecified atom stereocenters. The number of hydrogen-bond acceptors (Lipinski definition) is 6. The fraction of sp³-hybridized carbons (Fsp3) is 0.300. The molecule has 1 N–H and O–H groups in total. The lowest BCUT2D eigenvalue weighted by molar-refractivity contribution is 0.686. The molecule has 0 saturated heterocycles. The molecule has 1 aromatic carbocycles. The standard InChI is InChI=1S/C20H21N5OS2/c1-11-12(2)27-19-16(11)18(26)21-17(22-19)13(3)28-20-24-23-14(4)25(20)10-15-8-6-5-7-9-15/h5-9,13H,10H2,1-4H3,(H,21,22,26)/t13-/m1/s1. The Labute approximate surface area is 171 Å². The van der Waals surface area contributed by atoms with E-state index in [4.69, 9.17) is 4.98 Å². The number of aromatic nitrogens is 5. The first kappa shape index (κ1) is 18.9. The van der Waals surface area contributed by atoms with Gasteiger partial charge < -0.3 is 9.55 Å². The van der Waals surface area contributed by atoms with Crippen molar-refractivity contribution in [1.82, 2.24) is 24.7 Å². The minimum atomic E-state index is -0.0729. The second kappa shape index (κ2) is 7.52. The van der Waals surface area contributed by atoms with Crippen LogP contribution in [0, 0.1) is 20.8 Å². The minimum Gasteiger partial charge on any atom is -0.309 e. The quantitative estimate of drug-likeness (QED) is 0.493. The Morgan fingerprint density at radius 3 is 2.68 bits per heavy atom. The first-order valence-electron chi connectivity index (χ1n) is 9.04. The van der Waals surface area contributed by atoms with Crippen LogP contribution in [-0.2, 0) is 6.54 Å². The van der Waals surface area contributed by atoms with Gasteiger partial charge in [0, 0.05) is 4.88 Å². The van der Waals surface area contributed by atoms with Crippen LogP contribution in [0.2, 0.25) is 0 Å². The Morgan fingerprint density at radius 2 is 1.93 bits per heavy atom. The highest BCUT2D eigenvalue weighted by molar-refractivity contribution is 7.99. The van der Waals surface area contributed by atoms with E-state index >= 15 is 0 Å². The number of fused-ring (bicyclic) bond motifs is 1. The van der Waals surface area contributed by atoms with E-state index < -0.39 is 0 Å². The molecule has 0 amide bonds. The number of hydrogen-bond donors (Lipinski definition) is 1. The second-order valence-electron chi connectivity index (χ2n) is 6.78. The number of benzene rings is 1. The monoisotopic (exact) mass is 411 g/mol. The topological polar surface area (TPSA) is 76.5 Å². The van der Waals surface area contributed by atoms with Crippen LogP contribution in [0.25, 0.3) is 10.2 Å². The van der Waals surface area contributed by atoms with Crippen molar-refractivity contribution >= 4 is 33.3 Å². The third-order valence-electron chi connectivity index (χ3n) is 4.81. The molecule has 0 fully saturated rings. The lowest BCUT2D eigenvalue weighted by Gasteiger charge is -2.12. The van der Waals surface area contributed by atoms with Crippen LogP contribution in [-0.4, -0.2) is 24.7 Å². The third-order valence-corrected chi connectivity index (χ3v) is 7.00. The van der Waals surface area contributed by atoms with E-state index in [0.717, 1.165) is 26.3 Å². The molecule has 0 aliphatic rings. The van der Waals surface area contributed by atoms with E-state index in [0.29, 0.717) is 17.8 Å². The summed E-state index contributed by atoms with van der Waals surface area (Å²) in [5.74, 6) is 1.52. The van der Waals surface area contributed by atoms with Crippen LogP contribution in [0.15, 0.2) is 40.3 Å². The van der Waals surface area contributed by atoms with Gasteiger partial charge in [0.15, 0.2) is 5.16 Å². The predicted molar refractivity (Wildman–Crippen MR) is 114 cm³/mol. The van der Waals surface area contributed by atoms with Gasteiger partial charge in [0.1, 0.15) is 16.5 Å². The summed E-state index contributed by atoms with van der Waals surface area (Å²) in [5.41, 5.74) is 2.13. The average Bonchev–Trinajstić information content (AvgIpc) is 3.16. The first-order valence-corrected chi connectivity index (χ1v) is 10.7. The molecule has 4 aromatic rings. The van der Waals surface area contributed by atoms with Gasteiger partial charge in [0.25, 0.3) is 5.56 Å². The van der Waals surface area contributed by atoms with Gasteiger partial charge in [-0.1, -0.05) is 42.1 Å². The zero-order valence-electron chi connectivity index (χ0n) is 16.2. The van der Waals surface area contributed by atoms with Gasteiger partial charge in [-0.2, -0.15) is 0 Å². The number of aromatic amines is 1. The molecule has 0 aliphatic carbocycles. The van der Waals surface area contributed by atoms with E-state index in [9.17, 15) is 4.79 Å². The lowest BCUT2D eigenvalue weighted by atomic mass is 10.2. The molecule has 0 aliphatic heterocycles. The highest BCUT2D eigenvalue weighted by Gasteiger charge is 2.19. The van der Waals surface area contributed by atoms with Crippen molar-refractivity contribution < 1.29 is 0 Å². The van der Waals surface area contributed by atoms with Crippen molar-refractivity contribution in [2.24, 2.45) is 0 Å². The van der Waals surface area contributed by atoms with Crippen LogP contribution < -0.4 is 5.56 Å². The molecule has 0 radical (unpaired) electrons. The summed E-state index contributed by atoms with van der Waals surface area (Å²) >= 11 is 3.12. The molecule has 0 bridgehead atoms. The van der Waals surface area contributed by atoms with E-state index in [2.05, 4.69) is 31.9 Å². The van der Waals surface area contributed by atoms with Crippen LogP contribution in [0.1, 0.15) is 39.8 Å². The molecule has 3 aromatic heterocycles. The molecular weight excluding hydrogens is 390 g/mol. The summed E-state index contributed by atoms with van der Waals surface area (Å²) < 4.78 is 2.09. The van der Waals surface area contributed by atoms with E-state index in [1.54, 1.807) is 23.1 Å². The Bertz CT molecular complexity index is 1190. The largest absolute Gasteiger partial charge is 0.309 e. The molecule has 8 heteroatoms. The molecule has 144 valence electrons. The van der Waals surface area contributed by atoms with Crippen molar-refractivity contribution in [2.75, 3.05) is 0 Å². The van der Waals surface area contributed by atoms with E-state index in [1.165, 1.54) is 5.56 Å². The molecule has 1 atom stereocenters. The van der Waals surface area contributed by atoms with Gasteiger partial charge in [-0.25, -0.2) is 4.98 Å². The highest BCUT2D eigenvalue weighted by Crippen LogP contribution is 2.34. The molecule has 0 saturated carbocycles. The number of nitrogens with zero attached hydrogens (tertiary/aromatic N) is 4. The summed E-state index contributed by atoms with van der Waals surface area (Å²) in [7, 11) is 0. The van der Waals surface area contributed by atoms with Crippen LogP contribution in [0.5, 0.6) is 0 Å². The number of nitrogens with one attached hydrogen (secondary N) is 1. The van der Waals surface area contributed by atoms with Gasteiger partial charge in [0.05, 0.1) is 17.2 Å². The fourth-order valence-electron chi connectivity index (χ4n) is 3.07. The number of H-pyrrole nitrogens is 1. The van der Waals surface area contributed by atoms with Crippen LogP contribution in [0.4, 0.5) is 0 Å². The van der Waals surface area contributed by atoms with E-state index in [-0.39, 0.29) is 10.8 Å². The zero-order valence-corrected chi connectivity index (χ0v) is 17.8. The van der Waals surface area contributed by atoms with Gasteiger partial charge in [0.2, 0.25) is 0 Å². The third kappa shape index (κ3) is 3.49.